The van der Waals surface area contributed by atoms with Gasteiger partial charge >= 0.3 is 0 Å². The summed E-state index contributed by atoms with van der Waals surface area (Å²) in [6.45, 7) is 6.08. The van der Waals surface area contributed by atoms with Crippen LogP contribution in [0.3, 0.4) is 0 Å². The van der Waals surface area contributed by atoms with Crippen LogP contribution in [0.5, 0.6) is 5.75 Å². The fraction of sp³-hybridized carbons (Fsp3) is 0.611. The Morgan fingerprint density at radius 2 is 2.05 bits per heavy atom. The molecule has 1 fully saturated rings. The molecule has 22 heavy (non-hydrogen) atoms. The van der Waals surface area contributed by atoms with Crippen LogP contribution < -0.4 is 4.74 Å². The summed E-state index contributed by atoms with van der Waals surface area (Å²) in [4.78, 5) is 14.1. The molecule has 0 aliphatic carbocycles. The van der Waals surface area contributed by atoms with Crippen molar-refractivity contribution in [3.05, 3.63) is 29.8 Å². The van der Waals surface area contributed by atoms with Gasteiger partial charge in [-0.25, -0.2) is 0 Å². The van der Waals surface area contributed by atoms with Crippen molar-refractivity contribution in [3.63, 3.8) is 0 Å². The molecule has 1 aliphatic rings. The van der Waals surface area contributed by atoms with Gasteiger partial charge in [0.2, 0.25) is 0 Å². The van der Waals surface area contributed by atoms with E-state index in [0.717, 1.165) is 43.7 Å². The van der Waals surface area contributed by atoms with Gasteiger partial charge in [0.05, 0.1) is 0 Å². The van der Waals surface area contributed by atoms with Crippen molar-refractivity contribution < 1.29 is 14.6 Å². The SMILES string of the molecule is CCC(C)c1ccccc1OCC(=O)N1CCC(CO)CC1. The first-order chi connectivity index (χ1) is 10.7. The highest BCUT2D eigenvalue weighted by Gasteiger charge is 2.22. The van der Waals surface area contributed by atoms with Crippen LogP contribution in [0, 0.1) is 5.92 Å². The first-order valence-electron chi connectivity index (χ1n) is 8.26. The van der Waals surface area contributed by atoms with Gasteiger partial charge in [0.25, 0.3) is 5.91 Å². The Balaban J connectivity index is 1.89. The minimum absolute atomic E-state index is 0.0374. The number of piperidine rings is 1. The second kappa shape index (κ2) is 8.18. The van der Waals surface area contributed by atoms with Gasteiger partial charge in [0.1, 0.15) is 5.75 Å². The van der Waals surface area contributed by atoms with E-state index in [1.807, 2.05) is 23.1 Å². The fourth-order valence-corrected chi connectivity index (χ4v) is 2.83. The molecule has 1 saturated heterocycles. The summed E-state index contributed by atoms with van der Waals surface area (Å²) < 4.78 is 5.79. The Kier molecular flexibility index (Phi) is 6.25. The van der Waals surface area contributed by atoms with Crippen LogP contribution in [0.1, 0.15) is 44.6 Å². The zero-order valence-corrected chi connectivity index (χ0v) is 13.6. The first-order valence-corrected chi connectivity index (χ1v) is 8.26. The smallest absolute Gasteiger partial charge is 0.260 e. The van der Waals surface area contributed by atoms with E-state index in [0.29, 0.717) is 11.8 Å². The van der Waals surface area contributed by atoms with E-state index < -0.39 is 0 Å². The van der Waals surface area contributed by atoms with Crippen LogP contribution in [-0.2, 0) is 4.79 Å². The lowest BCUT2D eigenvalue weighted by molar-refractivity contribution is -0.135. The number of carbonyl (C=O) groups excluding carboxylic acids is 1. The lowest BCUT2D eigenvalue weighted by atomic mass is 9.97. The molecule has 1 heterocycles. The number of amides is 1. The number of aliphatic hydroxyl groups excluding tert-OH is 1. The monoisotopic (exact) mass is 305 g/mol. The van der Waals surface area contributed by atoms with Crippen LogP contribution in [0.2, 0.25) is 0 Å². The molecule has 1 aliphatic heterocycles. The standard InChI is InChI=1S/C18H27NO3/c1-3-14(2)16-6-4-5-7-17(16)22-13-18(21)19-10-8-15(12-20)9-11-19/h4-7,14-15,20H,3,8-13H2,1-2H3. The molecule has 1 unspecified atom stereocenters. The van der Waals surface area contributed by atoms with Gasteiger partial charge in [-0.1, -0.05) is 32.0 Å². The molecule has 0 saturated carbocycles. The molecule has 1 N–H and O–H groups in total. The third-order valence-corrected chi connectivity index (χ3v) is 4.64. The van der Waals surface area contributed by atoms with Gasteiger partial charge in [0, 0.05) is 19.7 Å². The number of likely N-dealkylation sites (tertiary alicyclic amines) is 1. The summed E-state index contributed by atoms with van der Waals surface area (Å²) in [5, 5.41) is 9.15. The number of nitrogens with zero attached hydrogens (tertiary/aromatic N) is 1. The van der Waals surface area contributed by atoms with Crippen LogP contribution in [0.4, 0.5) is 0 Å². The predicted octanol–water partition coefficient (Wildman–Crippen LogP) is 2.81. The van der Waals surface area contributed by atoms with Gasteiger partial charge in [-0.15, -0.1) is 0 Å². The predicted molar refractivity (Wildman–Crippen MR) is 87.0 cm³/mol. The van der Waals surface area contributed by atoms with Gasteiger partial charge in [-0.3, -0.25) is 4.79 Å². The average molecular weight is 305 g/mol. The Hall–Kier alpha value is -1.55. The zero-order valence-electron chi connectivity index (χ0n) is 13.6. The lowest BCUT2D eigenvalue weighted by Gasteiger charge is -2.31. The molecule has 0 spiro atoms. The molecular formula is C18H27NO3. The number of rotatable bonds is 6. The maximum atomic E-state index is 12.3. The Labute approximate surface area is 133 Å². The molecule has 1 amide bonds. The van der Waals surface area contributed by atoms with Gasteiger partial charge in [-0.05, 0) is 42.7 Å². The average Bonchev–Trinajstić information content (AvgIpc) is 2.59. The van der Waals surface area contributed by atoms with Gasteiger partial charge in [-0.2, -0.15) is 0 Å². The maximum Gasteiger partial charge on any atom is 0.260 e. The summed E-state index contributed by atoms with van der Waals surface area (Å²) in [7, 11) is 0. The molecule has 0 radical (unpaired) electrons. The van der Waals surface area contributed by atoms with Crippen molar-refractivity contribution in [2.24, 2.45) is 5.92 Å². The quantitative estimate of drug-likeness (QED) is 0.879. The van der Waals surface area contributed by atoms with Gasteiger partial charge in [0.15, 0.2) is 6.61 Å². The summed E-state index contributed by atoms with van der Waals surface area (Å²) in [6, 6.07) is 7.96. The third-order valence-electron chi connectivity index (χ3n) is 4.64. The minimum atomic E-state index is 0.0374. The lowest BCUT2D eigenvalue weighted by Crippen LogP contribution is -2.41. The van der Waals surface area contributed by atoms with Crippen molar-refractivity contribution in [2.75, 3.05) is 26.3 Å². The highest BCUT2D eigenvalue weighted by atomic mass is 16.5. The van der Waals surface area contributed by atoms with Crippen LogP contribution in [-0.4, -0.2) is 42.2 Å². The number of ether oxygens (including phenoxy) is 1. The Morgan fingerprint density at radius 1 is 1.36 bits per heavy atom. The second-order valence-electron chi connectivity index (χ2n) is 6.14. The molecule has 2 rings (SSSR count). The number of carbonyl (C=O) groups is 1. The molecule has 1 aromatic carbocycles. The van der Waals surface area contributed by atoms with E-state index in [4.69, 9.17) is 9.84 Å². The molecule has 0 bridgehead atoms. The molecule has 1 atom stereocenters. The van der Waals surface area contributed by atoms with Crippen molar-refractivity contribution in [1.29, 1.82) is 0 Å². The normalized spacial score (nSPS) is 17.3. The molecule has 0 aromatic heterocycles. The highest BCUT2D eigenvalue weighted by Crippen LogP contribution is 2.28. The van der Waals surface area contributed by atoms with E-state index in [2.05, 4.69) is 19.9 Å². The second-order valence-corrected chi connectivity index (χ2v) is 6.14. The summed E-state index contributed by atoms with van der Waals surface area (Å²) in [5.41, 5.74) is 1.16. The highest BCUT2D eigenvalue weighted by molar-refractivity contribution is 5.77. The maximum absolute atomic E-state index is 12.3. The number of hydrogen-bond acceptors (Lipinski definition) is 3. The zero-order chi connectivity index (χ0) is 15.9. The first kappa shape index (κ1) is 16.8. The summed E-state index contributed by atoms with van der Waals surface area (Å²) in [6.07, 6.45) is 2.81. The van der Waals surface area contributed by atoms with Gasteiger partial charge < -0.3 is 14.7 Å². The van der Waals surface area contributed by atoms with Crippen LogP contribution >= 0.6 is 0 Å². The molecule has 4 nitrogen and oxygen atoms in total. The van der Waals surface area contributed by atoms with E-state index >= 15 is 0 Å². The molecule has 1 aromatic rings. The van der Waals surface area contributed by atoms with E-state index in [1.165, 1.54) is 0 Å². The minimum Gasteiger partial charge on any atom is -0.483 e. The Bertz CT molecular complexity index is 481. The van der Waals surface area contributed by atoms with Crippen molar-refractivity contribution in [2.45, 2.75) is 39.0 Å². The summed E-state index contributed by atoms with van der Waals surface area (Å²) in [5.74, 6) is 1.62. The van der Waals surface area contributed by atoms with E-state index in [9.17, 15) is 4.79 Å². The topological polar surface area (TPSA) is 49.8 Å². The number of aliphatic hydroxyl groups is 1. The number of hydrogen-bond donors (Lipinski definition) is 1. The summed E-state index contributed by atoms with van der Waals surface area (Å²) >= 11 is 0. The van der Waals surface area contributed by atoms with E-state index in [1.54, 1.807) is 0 Å². The molecule has 122 valence electrons. The molecular weight excluding hydrogens is 278 g/mol. The van der Waals surface area contributed by atoms with Crippen molar-refractivity contribution in [1.82, 2.24) is 4.90 Å². The number of para-hydroxylation sites is 1. The Morgan fingerprint density at radius 3 is 2.68 bits per heavy atom. The third kappa shape index (κ3) is 4.23. The fourth-order valence-electron chi connectivity index (χ4n) is 2.83. The van der Waals surface area contributed by atoms with Crippen LogP contribution in [0.25, 0.3) is 0 Å². The van der Waals surface area contributed by atoms with Crippen LogP contribution in [0.15, 0.2) is 24.3 Å². The van der Waals surface area contributed by atoms with Crippen molar-refractivity contribution >= 4 is 5.91 Å². The molecule has 4 heteroatoms. The van der Waals surface area contributed by atoms with E-state index in [-0.39, 0.29) is 19.1 Å². The van der Waals surface area contributed by atoms with Crippen molar-refractivity contribution in [3.8, 4) is 5.75 Å². The largest absolute Gasteiger partial charge is 0.483 e. The number of benzene rings is 1.